The first-order chi connectivity index (χ1) is 10.3. The Balaban J connectivity index is 1.64. The number of aromatic nitrogens is 4. The molecule has 0 spiro atoms. The van der Waals surface area contributed by atoms with Crippen LogP contribution in [0.3, 0.4) is 0 Å². The molecule has 0 saturated heterocycles. The van der Waals surface area contributed by atoms with E-state index < -0.39 is 0 Å². The molecule has 0 amide bonds. The number of tetrazole rings is 1. The molecule has 3 aromatic rings. The van der Waals surface area contributed by atoms with Crippen LogP contribution in [0.2, 0.25) is 0 Å². The molecule has 7 heteroatoms. The van der Waals surface area contributed by atoms with Crippen molar-refractivity contribution in [2.24, 2.45) is 7.05 Å². The van der Waals surface area contributed by atoms with Crippen LogP contribution in [0.25, 0.3) is 0 Å². The van der Waals surface area contributed by atoms with Crippen molar-refractivity contribution in [2.45, 2.75) is 13.2 Å². The molecule has 0 aliphatic rings. The zero-order valence-corrected chi connectivity index (χ0v) is 12.4. The molecule has 0 atom stereocenters. The van der Waals surface area contributed by atoms with Crippen molar-refractivity contribution in [1.82, 2.24) is 20.2 Å². The Morgan fingerprint density at radius 2 is 2.14 bits per heavy atom. The summed E-state index contributed by atoms with van der Waals surface area (Å²) in [5, 5.41) is 16.9. The Morgan fingerprint density at radius 1 is 1.24 bits per heavy atom. The first kappa shape index (κ1) is 13.6. The van der Waals surface area contributed by atoms with E-state index in [0.717, 1.165) is 11.3 Å². The van der Waals surface area contributed by atoms with E-state index in [1.165, 1.54) is 9.67 Å². The highest BCUT2D eigenvalue weighted by atomic mass is 32.1. The van der Waals surface area contributed by atoms with E-state index in [-0.39, 0.29) is 0 Å². The van der Waals surface area contributed by atoms with Gasteiger partial charge in [0.2, 0.25) is 0 Å². The smallest absolute Gasteiger partial charge is 0.263 e. The van der Waals surface area contributed by atoms with Crippen molar-refractivity contribution in [2.75, 3.05) is 5.32 Å². The van der Waals surface area contributed by atoms with Gasteiger partial charge in [-0.15, -0.1) is 16.4 Å². The fourth-order valence-electron chi connectivity index (χ4n) is 1.86. The third-order valence-electron chi connectivity index (χ3n) is 2.87. The molecule has 0 radical (unpaired) electrons. The second-order valence-corrected chi connectivity index (χ2v) is 5.46. The predicted molar refractivity (Wildman–Crippen MR) is 81.2 cm³/mol. The van der Waals surface area contributed by atoms with Crippen LogP contribution in [0.15, 0.2) is 41.8 Å². The molecule has 1 N–H and O–H groups in total. The van der Waals surface area contributed by atoms with Gasteiger partial charge < -0.3 is 10.1 Å². The highest BCUT2D eigenvalue weighted by Crippen LogP contribution is 2.21. The average Bonchev–Trinajstić information content (AvgIpc) is 3.15. The number of nitrogens with zero attached hydrogens (tertiary/aromatic N) is 4. The van der Waals surface area contributed by atoms with Crippen molar-refractivity contribution in [3.8, 4) is 5.75 Å². The van der Waals surface area contributed by atoms with Crippen molar-refractivity contribution in [1.29, 1.82) is 0 Å². The molecule has 2 aromatic heterocycles. The molecule has 108 valence electrons. The quantitative estimate of drug-likeness (QED) is 0.757. The number of hydrogen-bond acceptors (Lipinski definition) is 6. The predicted octanol–water partition coefficient (Wildman–Crippen LogP) is 2.46. The lowest BCUT2D eigenvalue weighted by Gasteiger charge is -2.10. The van der Waals surface area contributed by atoms with Gasteiger partial charge in [0.05, 0.1) is 7.05 Å². The van der Waals surface area contributed by atoms with Crippen LogP contribution in [-0.2, 0) is 20.2 Å². The number of benzene rings is 1. The van der Waals surface area contributed by atoms with Gasteiger partial charge in [-0.25, -0.2) is 0 Å². The van der Waals surface area contributed by atoms with Gasteiger partial charge in [0.15, 0.2) is 0 Å². The highest BCUT2D eigenvalue weighted by Gasteiger charge is 2.05. The van der Waals surface area contributed by atoms with E-state index in [4.69, 9.17) is 4.74 Å². The molecular formula is C14H15N5OS. The van der Waals surface area contributed by atoms with E-state index in [1.54, 1.807) is 18.4 Å². The second-order valence-electron chi connectivity index (χ2n) is 4.43. The van der Waals surface area contributed by atoms with Crippen LogP contribution >= 0.6 is 11.3 Å². The molecule has 3 rings (SSSR count). The van der Waals surface area contributed by atoms with E-state index in [1.807, 2.05) is 35.7 Å². The van der Waals surface area contributed by atoms with Crippen LogP contribution in [0.5, 0.6) is 5.75 Å². The zero-order chi connectivity index (χ0) is 14.5. The van der Waals surface area contributed by atoms with Crippen molar-refractivity contribution >= 4 is 17.3 Å². The number of rotatable bonds is 6. The summed E-state index contributed by atoms with van der Waals surface area (Å²) in [7, 11) is 1.73. The van der Waals surface area contributed by atoms with Gasteiger partial charge in [0.25, 0.3) is 5.95 Å². The van der Waals surface area contributed by atoms with Crippen molar-refractivity contribution in [3.05, 3.63) is 52.2 Å². The number of para-hydroxylation sites is 1. The summed E-state index contributed by atoms with van der Waals surface area (Å²) in [4.78, 5) is 2.62. The summed E-state index contributed by atoms with van der Waals surface area (Å²) >= 11 is 1.69. The fourth-order valence-corrected chi connectivity index (χ4v) is 2.48. The van der Waals surface area contributed by atoms with Gasteiger partial charge in [0, 0.05) is 17.0 Å². The second kappa shape index (κ2) is 6.36. The van der Waals surface area contributed by atoms with Crippen LogP contribution in [-0.4, -0.2) is 20.2 Å². The highest BCUT2D eigenvalue weighted by molar-refractivity contribution is 7.09. The molecule has 1 aromatic carbocycles. The number of thiophene rings is 1. The third kappa shape index (κ3) is 3.57. The molecule has 0 bridgehead atoms. The average molecular weight is 301 g/mol. The topological polar surface area (TPSA) is 64.9 Å². The first-order valence-electron chi connectivity index (χ1n) is 6.52. The van der Waals surface area contributed by atoms with Gasteiger partial charge in [-0.1, -0.05) is 29.4 Å². The summed E-state index contributed by atoms with van der Waals surface area (Å²) in [6, 6.07) is 12.0. The number of aryl methyl sites for hydroxylation is 1. The lowest BCUT2D eigenvalue weighted by molar-refractivity contribution is 0.307. The van der Waals surface area contributed by atoms with Gasteiger partial charge in [-0.05, 0) is 22.7 Å². The largest absolute Gasteiger partial charge is 0.488 e. The normalized spacial score (nSPS) is 10.5. The molecule has 2 heterocycles. The summed E-state index contributed by atoms with van der Waals surface area (Å²) < 4.78 is 5.88. The summed E-state index contributed by atoms with van der Waals surface area (Å²) in [5.74, 6) is 1.37. The fraction of sp³-hybridized carbons (Fsp3) is 0.214. The van der Waals surface area contributed by atoms with Crippen molar-refractivity contribution in [3.63, 3.8) is 0 Å². The Labute approximate surface area is 126 Å². The zero-order valence-electron chi connectivity index (χ0n) is 11.6. The molecule has 0 aliphatic heterocycles. The minimum absolute atomic E-state index is 0.505. The van der Waals surface area contributed by atoms with E-state index >= 15 is 0 Å². The Hall–Kier alpha value is -2.41. The molecule has 6 nitrogen and oxygen atoms in total. The molecular weight excluding hydrogens is 286 g/mol. The lowest BCUT2D eigenvalue weighted by Crippen LogP contribution is -2.04. The maximum absolute atomic E-state index is 5.88. The Morgan fingerprint density at radius 3 is 2.90 bits per heavy atom. The van der Waals surface area contributed by atoms with Crippen LogP contribution in [0.4, 0.5) is 5.95 Å². The lowest BCUT2D eigenvalue weighted by atomic mass is 10.2. The van der Waals surface area contributed by atoms with Crippen molar-refractivity contribution < 1.29 is 4.74 Å². The maximum Gasteiger partial charge on any atom is 0.263 e. The number of hydrogen-bond donors (Lipinski definition) is 1. The monoisotopic (exact) mass is 301 g/mol. The van der Waals surface area contributed by atoms with E-state index in [2.05, 4.69) is 26.8 Å². The first-order valence-corrected chi connectivity index (χ1v) is 7.40. The third-order valence-corrected chi connectivity index (χ3v) is 3.72. The van der Waals surface area contributed by atoms with Gasteiger partial charge in [-0.3, -0.25) is 0 Å². The molecule has 0 aliphatic carbocycles. The summed E-state index contributed by atoms with van der Waals surface area (Å²) in [6.45, 7) is 1.17. The van der Waals surface area contributed by atoms with E-state index in [9.17, 15) is 0 Å². The minimum Gasteiger partial charge on any atom is -0.488 e. The molecule has 0 saturated carbocycles. The van der Waals surface area contributed by atoms with E-state index in [0.29, 0.717) is 19.1 Å². The van der Waals surface area contributed by atoms with Crippen LogP contribution < -0.4 is 10.1 Å². The van der Waals surface area contributed by atoms with Gasteiger partial charge >= 0.3 is 0 Å². The summed E-state index contributed by atoms with van der Waals surface area (Å²) in [6.07, 6.45) is 0. The van der Waals surface area contributed by atoms with Gasteiger partial charge in [-0.2, -0.15) is 4.80 Å². The standard InChI is InChI=1S/C14H15N5OS/c1-19-17-14(16-18-19)15-9-11-5-2-3-7-13(11)20-10-12-6-4-8-21-12/h2-8H,9-10H2,1H3,(H,15,17). The SMILES string of the molecule is Cn1nnc(NCc2ccccc2OCc2cccs2)n1. The number of anilines is 1. The number of ether oxygens (including phenoxy) is 1. The molecule has 0 fully saturated rings. The minimum atomic E-state index is 0.505. The van der Waals surface area contributed by atoms with Crippen LogP contribution in [0.1, 0.15) is 10.4 Å². The Bertz CT molecular complexity index is 695. The summed E-state index contributed by atoms with van der Waals surface area (Å²) in [5.41, 5.74) is 1.06. The maximum atomic E-state index is 5.88. The Kier molecular flexibility index (Phi) is 4.11. The molecule has 0 unspecified atom stereocenters. The number of nitrogens with one attached hydrogen (secondary N) is 1. The van der Waals surface area contributed by atoms with Gasteiger partial charge in [0.1, 0.15) is 12.4 Å². The molecule has 21 heavy (non-hydrogen) atoms. The van der Waals surface area contributed by atoms with Crippen LogP contribution in [0, 0.1) is 0 Å².